The number of hydrogen-bond donors (Lipinski definition) is 0. The lowest BCUT2D eigenvalue weighted by atomic mass is 10.2. The maximum Gasteiger partial charge on any atom is 0.264 e. The molecule has 1 aliphatic heterocycles. The number of rotatable bonds is 5. The van der Waals surface area contributed by atoms with Crippen molar-refractivity contribution in [2.45, 2.75) is 32.4 Å². The summed E-state index contributed by atoms with van der Waals surface area (Å²) in [7, 11) is -1.40. The van der Waals surface area contributed by atoms with Gasteiger partial charge in [0.1, 0.15) is 18.3 Å². The highest BCUT2D eigenvalue weighted by molar-refractivity contribution is 7.91. The zero-order valence-corrected chi connectivity index (χ0v) is 15.1. The molecule has 25 heavy (non-hydrogen) atoms. The Morgan fingerprint density at radius 1 is 1.44 bits per heavy atom. The molecule has 1 saturated heterocycles. The molecule has 1 aliphatic rings. The van der Waals surface area contributed by atoms with Crippen LogP contribution in [0.25, 0.3) is 11.0 Å². The van der Waals surface area contributed by atoms with Crippen molar-refractivity contribution in [1.82, 2.24) is 24.2 Å². The van der Waals surface area contributed by atoms with Crippen LogP contribution in [0.5, 0.6) is 0 Å². The third-order valence-electron chi connectivity index (χ3n) is 4.46. The topological polar surface area (TPSA) is 107 Å². The quantitative estimate of drug-likeness (QED) is 0.709. The van der Waals surface area contributed by atoms with E-state index in [0.29, 0.717) is 24.0 Å². The Morgan fingerprint density at radius 3 is 2.84 bits per heavy atom. The van der Waals surface area contributed by atoms with Crippen LogP contribution < -0.4 is 5.56 Å². The van der Waals surface area contributed by atoms with E-state index in [1.54, 1.807) is 11.9 Å². The second-order valence-electron chi connectivity index (χ2n) is 6.33. The van der Waals surface area contributed by atoms with Gasteiger partial charge in [0, 0.05) is 19.6 Å². The van der Waals surface area contributed by atoms with E-state index in [2.05, 4.69) is 10.1 Å². The van der Waals surface area contributed by atoms with Crippen LogP contribution in [-0.4, -0.2) is 62.6 Å². The van der Waals surface area contributed by atoms with Gasteiger partial charge in [0.25, 0.3) is 5.56 Å². The van der Waals surface area contributed by atoms with Gasteiger partial charge in [-0.25, -0.2) is 13.4 Å². The van der Waals surface area contributed by atoms with Crippen molar-refractivity contribution in [3.8, 4) is 0 Å². The van der Waals surface area contributed by atoms with Gasteiger partial charge >= 0.3 is 0 Å². The van der Waals surface area contributed by atoms with Gasteiger partial charge in [-0.1, -0.05) is 6.92 Å². The van der Waals surface area contributed by atoms with Crippen LogP contribution in [0.15, 0.2) is 17.3 Å². The van der Waals surface area contributed by atoms with E-state index in [1.807, 2.05) is 6.92 Å². The minimum atomic E-state index is -3.09. The normalized spacial score (nSPS) is 19.4. The number of carbonyl (C=O) groups excluding carboxylic acids is 1. The van der Waals surface area contributed by atoms with Gasteiger partial charge < -0.3 is 4.90 Å². The summed E-state index contributed by atoms with van der Waals surface area (Å²) in [6, 6.07) is -0.316. The molecular formula is C15H21N5O4S. The highest BCUT2D eigenvalue weighted by atomic mass is 32.2. The molecule has 2 aromatic rings. The average Bonchev–Trinajstić information content (AvgIpc) is 3.10. The van der Waals surface area contributed by atoms with Gasteiger partial charge in [-0.3, -0.25) is 18.8 Å². The van der Waals surface area contributed by atoms with Crippen LogP contribution in [0.4, 0.5) is 0 Å². The van der Waals surface area contributed by atoms with Crippen LogP contribution in [0.1, 0.15) is 19.8 Å². The fourth-order valence-corrected chi connectivity index (χ4v) is 4.92. The van der Waals surface area contributed by atoms with E-state index in [-0.39, 0.29) is 35.6 Å². The van der Waals surface area contributed by atoms with E-state index >= 15 is 0 Å². The molecule has 9 nitrogen and oxygen atoms in total. The largest absolute Gasteiger partial charge is 0.337 e. The number of fused-ring (bicyclic) bond motifs is 1. The maximum absolute atomic E-state index is 12.7. The first-order valence-electron chi connectivity index (χ1n) is 8.19. The number of aromatic nitrogens is 4. The molecule has 0 spiro atoms. The molecule has 1 atom stereocenters. The monoisotopic (exact) mass is 367 g/mol. The molecule has 136 valence electrons. The Hall–Kier alpha value is -2.23. The molecule has 2 aromatic heterocycles. The molecule has 0 bridgehead atoms. The zero-order valence-electron chi connectivity index (χ0n) is 14.3. The molecule has 1 amide bonds. The van der Waals surface area contributed by atoms with Gasteiger partial charge in [0.2, 0.25) is 5.91 Å². The second kappa shape index (κ2) is 6.58. The standard InChI is InChI=1S/C15H21N5O4S/c1-3-5-20(11-4-6-25(23,24)9-11)13(21)8-19-10-16-14-12(15(19)22)7-17-18(14)2/h7,10-11H,3-6,8-9H2,1-2H3/t11-/m1/s1. The number of nitrogens with zero attached hydrogens (tertiary/aromatic N) is 5. The SMILES string of the molecule is CCCN(C(=O)Cn1cnc2c(cnn2C)c1=O)[C@@H]1CCS(=O)(=O)C1. The van der Waals surface area contributed by atoms with E-state index in [4.69, 9.17) is 0 Å². The van der Waals surface area contributed by atoms with Crippen LogP contribution in [-0.2, 0) is 28.2 Å². The molecule has 0 radical (unpaired) electrons. The molecular weight excluding hydrogens is 346 g/mol. The van der Waals surface area contributed by atoms with Crippen molar-refractivity contribution < 1.29 is 13.2 Å². The molecule has 0 N–H and O–H groups in total. The van der Waals surface area contributed by atoms with Gasteiger partial charge in [0.15, 0.2) is 15.5 Å². The van der Waals surface area contributed by atoms with Gasteiger partial charge in [-0.05, 0) is 12.8 Å². The third-order valence-corrected chi connectivity index (χ3v) is 6.21. The van der Waals surface area contributed by atoms with Crippen molar-refractivity contribution in [1.29, 1.82) is 0 Å². The van der Waals surface area contributed by atoms with Crippen molar-refractivity contribution >= 4 is 26.8 Å². The summed E-state index contributed by atoms with van der Waals surface area (Å²) in [5.74, 6) is -0.168. The fraction of sp³-hybridized carbons (Fsp3) is 0.600. The molecule has 3 heterocycles. The Labute approximate surface area is 145 Å². The minimum absolute atomic E-state index is 0.00642. The van der Waals surface area contributed by atoms with E-state index in [9.17, 15) is 18.0 Å². The lowest BCUT2D eigenvalue weighted by molar-refractivity contribution is -0.133. The zero-order chi connectivity index (χ0) is 18.2. The number of aryl methyl sites for hydroxylation is 1. The highest BCUT2D eigenvalue weighted by Crippen LogP contribution is 2.18. The van der Waals surface area contributed by atoms with Crippen LogP contribution in [0.3, 0.4) is 0 Å². The summed E-state index contributed by atoms with van der Waals surface area (Å²) in [5, 5.41) is 4.35. The molecule has 10 heteroatoms. The smallest absolute Gasteiger partial charge is 0.264 e. The van der Waals surface area contributed by atoms with E-state index in [0.717, 1.165) is 6.42 Å². The van der Waals surface area contributed by atoms with Gasteiger partial charge in [-0.2, -0.15) is 5.10 Å². The summed E-state index contributed by atoms with van der Waals surface area (Å²) in [6.45, 7) is 2.24. The Morgan fingerprint density at radius 2 is 2.20 bits per heavy atom. The molecule has 0 unspecified atom stereocenters. The van der Waals surface area contributed by atoms with Gasteiger partial charge in [0.05, 0.1) is 17.7 Å². The fourth-order valence-electron chi connectivity index (χ4n) is 3.19. The number of amides is 1. The van der Waals surface area contributed by atoms with Crippen LogP contribution in [0, 0.1) is 0 Å². The molecule has 0 aliphatic carbocycles. The second-order valence-corrected chi connectivity index (χ2v) is 8.56. The van der Waals surface area contributed by atoms with Crippen molar-refractivity contribution in [3.63, 3.8) is 0 Å². The van der Waals surface area contributed by atoms with Crippen molar-refractivity contribution in [2.75, 3.05) is 18.1 Å². The van der Waals surface area contributed by atoms with Crippen molar-refractivity contribution in [3.05, 3.63) is 22.9 Å². The summed E-state index contributed by atoms with van der Waals surface area (Å²) in [4.78, 5) is 31.0. The average molecular weight is 367 g/mol. The Kier molecular flexibility index (Phi) is 4.63. The summed E-state index contributed by atoms with van der Waals surface area (Å²) < 4.78 is 26.2. The van der Waals surface area contributed by atoms with Gasteiger partial charge in [-0.15, -0.1) is 0 Å². The highest BCUT2D eigenvalue weighted by Gasteiger charge is 2.34. The van der Waals surface area contributed by atoms with E-state index < -0.39 is 9.84 Å². The van der Waals surface area contributed by atoms with E-state index in [1.165, 1.54) is 21.8 Å². The first-order valence-corrected chi connectivity index (χ1v) is 10.0. The van der Waals surface area contributed by atoms with Crippen LogP contribution in [0.2, 0.25) is 0 Å². The number of sulfone groups is 1. The maximum atomic E-state index is 12.7. The lowest BCUT2D eigenvalue weighted by Crippen LogP contribution is -2.44. The first kappa shape index (κ1) is 17.6. The number of hydrogen-bond acceptors (Lipinski definition) is 6. The molecule has 0 aromatic carbocycles. The summed E-state index contributed by atoms with van der Waals surface area (Å²) in [6.07, 6.45) is 3.93. The van der Waals surface area contributed by atoms with Crippen molar-refractivity contribution in [2.24, 2.45) is 7.05 Å². The molecule has 0 saturated carbocycles. The third kappa shape index (κ3) is 3.44. The van der Waals surface area contributed by atoms with Crippen LogP contribution >= 0.6 is 0 Å². The molecule has 3 rings (SSSR count). The summed E-state index contributed by atoms with van der Waals surface area (Å²) >= 11 is 0. The number of carbonyl (C=O) groups is 1. The predicted molar refractivity (Wildman–Crippen MR) is 91.8 cm³/mol. The predicted octanol–water partition coefficient (Wildman–Crippen LogP) is -0.444. The molecule has 1 fully saturated rings. The first-order chi connectivity index (χ1) is 11.8. The Balaban J connectivity index is 1.84. The Bertz CT molecular complexity index is 962. The minimum Gasteiger partial charge on any atom is -0.337 e. The lowest BCUT2D eigenvalue weighted by Gasteiger charge is -2.28. The summed E-state index contributed by atoms with van der Waals surface area (Å²) in [5.41, 5.74) is 0.128.